The Bertz CT molecular complexity index is 1860. The first kappa shape index (κ1) is 38.7. The number of hydrogen-bond donors (Lipinski definition) is 2. The first-order chi connectivity index (χ1) is 23.8. The Labute approximate surface area is 315 Å². The van der Waals surface area contributed by atoms with Gasteiger partial charge in [0, 0.05) is 24.3 Å². The molecule has 0 bridgehead atoms. The average molecular weight is 782 g/mol. The van der Waals surface area contributed by atoms with Crippen molar-refractivity contribution in [2.24, 2.45) is 10.8 Å². The summed E-state index contributed by atoms with van der Waals surface area (Å²) < 4.78 is 23.8. The Kier molecular flexibility index (Phi) is 11.0. The number of halogens is 4. The number of esters is 3. The van der Waals surface area contributed by atoms with Crippen molar-refractivity contribution in [2.75, 3.05) is 13.2 Å². The van der Waals surface area contributed by atoms with Crippen molar-refractivity contribution in [3.05, 3.63) is 78.2 Å². The zero-order valence-electron chi connectivity index (χ0n) is 28.9. The highest BCUT2D eigenvalue weighted by atomic mass is 35.5. The van der Waals surface area contributed by atoms with Crippen LogP contribution in [0, 0.1) is 10.8 Å². The van der Waals surface area contributed by atoms with Gasteiger partial charge in [-0.25, -0.2) is 4.79 Å². The van der Waals surface area contributed by atoms with Crippen LogP contribution in [0.15, 0.2) is 30.3 Å². The number of amides is 1. The number of ether oxygens (including phenoxy) is 4. The molecule has 1 spiro atoms. The van der Waals surface area contributed by atoms with E-state index in [1.165, 1.54) is 30.3 Å². The molecule has 0 saturated heterocycles. The Morgan fingerprint density at radius 3 is 1.76 bits per heavy atom. The molecule has 2 aliphatic heterocycles. The number of aliphatic hydroxyl groups excluding tert-OH is 1. The first-order valence-corrected chi connectivity index (χ1v) is 17.8. The van der Waals surface area contributed by atoms with Crippen LogP contribution in [-0.2, 0) is 19.9 Å². The third-order valence-corrected chi connectivity index (χ3v) is 9.58. The molecule has 0 fully saturated rings. The van der Waals surface area contributed by atoms with Gasteiger partial charge in [0.15, 0.2) is 28.6 Å². The Hall–Kier alpha value is -3.54. The summed E-state index contributed by atoms with van der Waals surface area (Å²) in [5.41, 5.74) is -2.93. The summed E-state index contributed by atoms with van der Waals surface area (Å²) in [6.45, 7) is 10.4. The van der Waals surface area contributed by atoms with Crippen molar-refractivity contribution < 1.29 is 43.2 Å². The van der Waals surface area contributed by atoms with Gasteiger partial charge in [-0.05, 0) is 84.7 Å². The quantitative estimate of drug-likeness (QED) is 0.124. The number of carbonyl (C=O) groups excluding carboxylic acids is 4. The fourth-order valence-corrected chi connectivity index (χ4v) is 6.66. The number of unbranched alkanes of at least 4 members (excludes halogenated alkanes) is 3. The minimum Gasteiger partial charge on any atom is -0.453 e. The summed E-state index contributed by atoms with van der Waals surface area (Å²) >= 11 is 27.3. The molecular formula is C37H37Cl4NO9. The van der Waals surface area contributed by atoms with E-state index in [1.807, 2.05) is 0 Å². The van der Waals surface area contributed by atoms with Crippen LogP contribution in [0.1, 0.15) is 105 Å². The number of aliphatic hydroxyl groups is 1. The standard InChI is InChI=1S/C37H37Cl4NO9/c1-35(2,3)33(46)49-29-23(38)16-21-27(25(29)40)48-28-22(17-24(39)30(26(28)41)50-34(47)36(4,5)6)37(21)20-15-18(11-12-19(20)32(45)51-37)31(44)42-13-9-7-8-10-14-43/h11-12,15-17,43H,7-10,13-14H2,1-6H3,(H,42,44). The number of hydrogen-bond acceptors (Lipinski definition) is 9. The maximum Gasteiger partial charge on any atom is 0.340 e. The highest BCUT2D eigenvalue weighted by Gasteiger charge is 2.56. The molecule has 10 nitrogen and oxygen atoms in total. The zero-order valence-corrected chi connectivity index (χ0v) is 31.9. The molecule has 0 atom stereocenters. The van der Waals surface area contributed by atoms with Gasteiger partial charge < -0.3 is 29.4 Å². The summed E-state index contributed by atoms with van der Waals surface area (Å²) in [6, 6.07) is 7.29. The second kappa shape index (κ2) is 14.5. The molecule has 0 aromatic heterocycles. The molecule has 0 unspecified atom stereocenters. The van der Waals surface area contributed by atoms with Crippen molar-refractivity contribution in [2.45, 2.75) is 72.8 Å². The largest absolute Gasteiger partial charge is 0.453 e. The van der Waals surface area contributed by atoms with E-state index in [1.54, 1.807) is 41.5 Å². The molecule has 2 N–H and O–H groups in total. The lowest BCUT2D eigenvalue weighted by atomic mass is 9.77. The van der Waals surface area contributed by atoms with E-state index in [0.29, 0.717) is 19.4 Å². The molecule has 51 heavy (non-hydrogen) atoms. The van der Waals surface area contributed by atoms with Gasteiger partial charge in [0.1, 0.15) is 10.0 Å². The van der Waals surface area contributed by atoms with Crippen LogP contribution >= 0.6 is 46.4 Å². The average Bonchev–Trinajstić information content (AvgIpc) is 3.34. The number of carbonyl (C=O) groups is 4. The van der Waals surface area contributed by atoms with E-state index in [-0.39, 0.29) is 77.5 Å². The van der Waals surface area contributed by atoms with Crippen LogP contribution in [0.25, 0.3) is 0 Å². The first-order valence-electron chi connectivity index (χ1n) is 16.3. The van der Waals surface area contributed by atoms with Gasteiger partial charge in [0.25, 0.3) is 5.91 Å². The third-order valence-electron chi connectivity index (χ3n) is 8.34. The predicted molar refractivity (Wildman–Crippen MR) is 193 cm³/mol. The molecule has 14 heteroatoms. The number of nitrogens with one attached hydrogen (secondary N) is 1. The van der Waals surface area contributed by atoms with E-state index >= 15 is 0 Å². The van der Waals surface area contributed by atoms with Crippen molar-refractivity contribution in [3.63, 3.8) is 0 Å². The highest BCUT2D eigenvalue weighted by molar-refractivity contribution is 6.40. The summed E-state index contributed by atoms with van der Waals surface area (Å²) in [5.74, 6) is -3.09. The van der Waals surface area contributed by atoms with Crippen molar-refractivity contribution in [3.8, 4) is 23.0 Å². The summed E-state index contributed by atoms with van der Waals surface area (Å²) in [7, 11) is 0. The third kappa shape index (κ3) is 7.26. The lowest BCUT2D eigenvalue weighted by Gasteiger charge is -2.38. The van der Waals surface area contributed by atoms with E-state index in [2.05, 4.69) is 5.32 Å². The maximum absolute atomic E-state index is 13.7. The fourth-order valence-electron chi connectivity index (χ4n) is 5.51. The normalized spacial score (nSPS) is 14.2. The molecule has 0 saturated carbocycles. The molecule has 3 aromatic rings. The summed E-state index contributed by atoms with van der Waals surface area (Å²) in [4.78, 5) is 52.9. The van der Waals surface area contributed by atoms with Gasteiger partial charge in [-0.2, -0.15) is 0 Å². The Morgan fingerprint density at radius 1 is 0.765 bits per heavy atom. The van der Waals surface area contributed by atoms with Crippen LogP contribution in [-0.4, -0.2) is 42.1 Å². The SMILES string of the molecule is CC(C)(C)C(=O)Oc1c(Cl)cc2c(c1Cl)Oc1c(cc(Cl)c(OC(=O)C(C)(C)C)c1Cl)C21OC(=O)c2ccc(C(=O)NCCCCCCO)cc21. The molecule has 0 aliphatic carbocycles. The van der Waals surface area contributed by atoms with Gasteiger partial charge in [-0.15, -0.1) is 0 Å². The maximum atomic E-state index is 13.7. The second-order valence-electron chi connectivity index (χ2n) is 14.4. The Balaban J connectivity index is 1.72. The number of fused-ring (bicyclic) bond motifs is 6. The number of benzene rings is 3. The highest BCUT2D eigenvalue weighted by Crippen LogP contribution is 2.63. The van der Waals surface area contributed by atoms with Crippen LogP contribution in [0.2, 0.25) is 20.1 Å². The minimum absolute atomic E-state index is 0.102. The molecule has 5 rings (SSSR count). The summed E-state index contributed by atoms with van der Waals surface area (Å²) in [5, 5.41) is 11.2. The zero-order chi connectivity index (χ0) is 37.6. The van der Waals surface area contributed by atoms with Crippen molar-refractivity contribution in [1.29, 1.82) is 0 Å². The van der Waals surface area contributed by atoms with Crippen molar-refractivity contribution in [1.82, 2.24) is 5.32 Å². The second-order valence-corrected chi connectivity index (χ2v) is 15.9. The number of rotatable bonds is 9. The van der Waals surface area contributed by atoms with Crippen LogP contribution in [0.4, 0.5) is 0 Å². The van der Waals surface area contributed by atoms with Crippen LogP contribution < -0.4 is 19.5 Å². The lowest BCUT2D eigenvalue weighted by molar-refractivity contribution is -0.143. The Morgan fingerprint density at radius 2 is 1.27 bits per heavy atom. The molecule has 2 heterocycles. The molecule has 1 amide bonds. The predicted octanol–water partition coefficient (Wildman–Crippen LogP) is 9.05. The van der Waals surface area contributed by atoms with Gasteiger partial charge in [-0.1, -0.05) is 59.2 Å². The van der Waals surface area contributed by atoms with Crippen LogP contribution in [0.3, 0.4) is 0 Å². The minimum atomic E-state index is -1.89. The lowest BCUT2D eigenvalue weighted by Crippen LogP contribution is -2.34. The van der Waals surface area contributed by atoms with E-state index in [0.717, 1.165) is 12.8 Å². The van der Waals surface area contributed by atoms with Gasteiger partial charge >= 0.3 is 17.9 Å². The smallest absolute Gasteiger partial charge is 0.340 e. The van der Waals surface area contributed by atoms with E-state index < -0.39 is 40.2 Å². The molecular weight excluding hydrogens is 744 g/mol. The molecule has 3 aromatic carbocycles. The van der Waals surface area contributed by atoms with E-state index in [4.69, 9.17) is 70.5 Å². The fraction of sp³-hybridized carbons (Fsp3) is 0.405. The topological polar surface area (TPSA) is 137 Å². The van der Waals surface area contributed by atoms with Gasteiger partial charge in [-0.3, -0.25) is 14.4 Å². The van der Waals surface area contributed by atoms with Gasteiger partial charge in [0.2, 0.25) is 0 Å². The monoisotopic (exact) mass is 779 g/mol. The van der Waals surface area contributed by atoms with Crippen LogP contribution in [0.5, 0.6) is 23.0 Å². The molecule has 2 aliphatic rings. The molecule has 272 valence electrons. The summed E-state index contributed by atoms with van der Waals surface area (Å²) in [6.07, 6.45) is 3.05. The van der Waals surface area contributed by atoms with E-state index in [9.17, 15) is 19.2 Å². The molecule has 0 radical (unpaired) electrons. The van der Waals surface area contributed by atoms with Gasteiger partial charge in [0.05, 0.1) is 37.6 Å². The van der Waals surface area contributed by atoms with Crippen molar-refractivity contribution >= 4 is 70.2 Å².